The number of rotatable bonds is 3. The quantitative estimate of drug-likeness (QED) is 0.425. The summed E-state index contributed by atoms with van der Waals surface area (Å²) in [5.74, 6) is -0.0911. The van der Waals surface area contributed by atoms with E-state index >= 15 is 0 Å². The highest BCUT2D eigenvalue weighted by molar-refractivity contribution is 6.08. The van der Waals surface area contributed by atoms with Gasteiger partial charge in [0, 0.05) is 5.56 Å². The Kier molecular flexibility index (Phi) is 4.56. The third kappa shape index (κ3) is 3.57. The standard InChI is InChI=1S/C26H18N2O3/c1-16-10-11-18-15-19(13-12-17(18)14-16)24(29)27-22-8-4-2-6-20(22)25-28-23-9-5-3-7-21(23)26(30)31-25/h2-15H,1H3,(H,27,29). The lowest BCUT2D eigenvalue weighted by Crippen LogP contribution is -2.13. The van der Waals surface area contributed by atoms with Gasteiger partial charge in [0.15, 0.2) is 0 Å². The minimum atomic E-state index is -0.466. The SMILES string of the molecule is Cc1ccc2cc(C(=O)Nc3ccccc3-c3nc4ccccc4c(=O)o3)ccc2c1. The first-order chi connectivity index (χ1) is 15.1. The van der Waals surface area contributed by atoms with E-state index in [1.165, 1.54) is 5.56 Å². The largest absolute Gasteiger partial charge is 0.403 e. The van der Waals surface area contributed by atoms with Crippen LogP contribution in [0.1, 0.15) is 15.9 Å². The number of amides is 1. The van der Waals surface area contributed by atoms with E-state index in [-0.39, 0.29) is 11.8 Å². The molecule has 0 spiro atoms. The van der Waals surface area contributed by atoms with E-state index < -0.39 is 5.63 Å². The molecule has 5 rings (SSSR count). The number of aromatic nitrogens is 1. The Bertz CT molecular complexity index is 1520. The zero-order chi connectivity index (χ0) is 21.4. The van der Waals surface area contributed by atoms with Crippen LogP contribution in [-0.2, 0) is 0 Å². The number of carbonyl (C=O) groups is 1. The molecule has 0 saturated heterocycles. The van der Waals surface area contributed by atoms with Gasteiger partial charge in [0.1, 0.15) is 0 Å². The molecule has 1 aromatic heterocycles. The fourth-order valence-electron chi connectivity index (χ4n) is 3.61. The summed E-state index contributed by atoms with van der Waals surface area (Å²) in [6.45, 7) is 2.04. The molecule has 0 saturated carbocycles. The van der Waals surface area contributed by atoms with Crippen molar-refractivity contribution in [3.63, 3.8) is 0 Å². The molecule has 1 heterocycles. The van der Waals surface area contributed by atoms with Crippen molar-refractivity contribution < 1.29 is 9.21 Å². The van der Waals surface area contributed by atoms with Crippen LogP contribution < -0.4 is 10.9 Å². The van der Waals surface area contributed by atoms with Gasteiger partial charge in [0.2, 0.25) is 5.89 Å². The number of fused-ring (bicyclic) bond motifs is 2. The van der Waals surface area contributed by atoms with E-state index in [0.29, 0.717) is 27.7 Å². The van der Waals surface area contributed by atoms with Crippen LogP contribution in [0.15, 0.2) is 94.1 Å². The van der Waals surface area contributed by atoms with E-state index in [1.807, 2.05) is 37.3 Å². The van der Waals surface area contributed by atoms with Crippen molar-refractivity contribution in [2.24, 2.45) is 0 Å². The fraction of sp³-hybridized carbons (Fsp3) is 0.0385. The van der Waals surface area contributed by atoms with Gasteiger partial charge in [-0.2, -0.15) is 0 Å². The van der Waals surface area contributed by atoms with Crippen LogP contribution in [0.2, 0.25) is 0 Å². The monoisotopic (exact) mass is 406 g/mol. The molecule has 0 bridgehead atoms. The second kappa shape index (κ2) is 7.54. The zero-order valence-electron chi connectivity index (χ0n) is 16.8. The minimum absolute atomic E-state index is 0.161. The number of hydrogen-bond donors (Lipinski definition) is 1. The molecular formula is C26H18N2O3. The van der Waals surface area contributed by atoms with Crippen molar-refractivity contribution in [3.05, 3.63) is 106 Å². The van der Waals surface area contributed by atoms with Crippen LogP contribution in [0.4, 0.5) is 5.69 Å². The summed E-state index contributed by atoms with van der Waals surface area (Å²) in [5.41, 5.74) is 2.84. The third-order valence-electron chi connectivity index (χ3n) is 5.20. The second-order valence-corrected chi connectivity index (χ2v) is 7.39. The first-order valence-electron chi connectivity index (χ1n) is 9.89. The highest BCUT2D eigenvalue weighted by atomic mass is 16.4. The number of para-hydroxylation sites is 2. The van der Waals surface area contributed by atoms with Crippen LogP contribution in [0.25, 0.3) is 33.1 Å². The van der Waals surface area contributed by atoms with E-state index in [2.05, 4.69) is 16.4 Å². The molecule has 0 aliphatic heterocycles. The van der Waals surface area contributed by atoms with Crippen molar-refractivity contribution in [1.29, 1.82) is 0 Å². The number of aryl methyl sites for hydroxylation is 1. The first-order valence-corrected chi connectivity index (χ1v) is 9.89. The summed E-state index contributed by atoms with van der Waals surface area (Å²) < 4.78 is 5.46. The minimum Gasteiger partial charge on any atom is -0.403 e. The molecule has 150 valence electrons. The van der Waals surface area contributed by atoms with Crippen molar-refractivity contribution in [1.82, 2.24) is 4.98 Å². The first kappa shape index (κ1) is 18.8. The van der Waals surface area contributed by atoms with Crippen molar-refractivity contribution in [3.8, 4) is 11.5 Å². The third-order valence-corrected chi connectivity index (χ3v) is 5.20. The van der Waals surface area contributed by atoms with Crippen LogP contribution >= 0.6 is 0 Å². The predicted octanol–water partition coefficient (Wildman–Crippen LogP) is 5.57. The van der Waals surface area contributed by atoms with Crippen molar-refractivity contribution in [2.45, 2.75) is 6.92 Å². The van der Waals surface area contributed by atoms with Crippen LogP contribution in [0, 0.1) is 6.92 Å². The topological polar surface area (TPSA) is 72.2 Å². The van der Waals surface area contributed by atoms with Gasteiger partial charge in [-0.1, -0.05) is 54.1 Å². The van der Waals surface area contributed by atoms with Crippen molar-refractivity contribution >= 4 is 33.3 Å². The maximum atomic E-state index is 13.0. The molecule has 5 nitrogen and oxygen atoms in total. The average Bonchev–Trinajstić information content (AvgIpc) is 2.79. The lowest BCUT2D eigenvalue weighted by Gasteiger charge is -2.11. The summed E-state index contributed by atoms with van der Waals surface area (Å²) >= 11 is 0. The van der Waals surface area contributed by atoms with Crippen LogP contribution in [0.3, 0.4) is 0 Å². The molecule has 1 amide bonds. The lowest BCUT2D eigenvalue weighted by molar-refractivity contribution is 0.102. The molecule has 0 aliphatic rings. The Morgan fingerprint density at radius 1 is 0.871 bits per heavy atom. The molecule has 0 unspecified atom stereocenters. The average molecular weight is 406 g/mol. The van der Waals surface area contributed by atoms with Gasteiger partial charge < -0.3 is 9.73 Å². The van der Waals surface area contributed by atoms with Gasteiger partial charge in [-0.05, 0) is 54.1 Å². The molecule has 1 N–H and O–H groups in total. The Balaban J connectivity index is 1.52. The second-order valence-electron chi connectivity index (χ2n) is 7.39. The van der Waals surface area contributed by atoms with E-state index in [1.54, 1.807) is 48.5 Å². The van der Waals surface area contributed by atoms with Crippen LogP contribution in [0.5, 0.6) is 0 Å². The smallest absolute Gasteiger partial charge is 0.347 e. The highest BCUT2D eigenvalue weighted by Gasteiger charge is 2.15. The number of nitrogens with zero attached hydrogens (tertiary/aromatic N) is 1. The number of carbonyl (C=O) groups excluding carboxylic acids is 1. The Morgan fingerprint density at radius 3 is 2.52 bits per heavy atom. The maximum Gasteiger partial charge on any atom is 0.347 e. The summed E-state index contributed by atoms with van der Waals surface area (Å²) in [5, 5.41) is 5.42. The van der Waals surface area contributed by atoms with E-state index in [9.17, 15) is 9.59 Å². The molecular weight excluding hydrogens is 388 g/mol. The number of anilines is 1. The molecule has 0 fully saturated rings. The summed E-state index contributed by atoms with van der Waals surface area (Å²) in [7, 11) is 0. The summed E-state index contributed by atoms with van der Waals surface area (Å²) in [6.07, 6.45) is 0. The molecule has 0 atom stereocenters. The molecule has 5 heteroatoms. The molecule has 5 aromatic rings. The fourth-order valence-corrected chi connectivity index (χ4v) is 3.61. The Hall–Kier alpha value is -4.25. The molecule has 4 aromatic carbocycles. The van der Waals surface area contributed by atoms with E-state index in [0.717, 1.165) is 10.8 Å². The molecule has 0 aliphatic carbocycles. The van der Waals surface area contributed by atoms with Crippen LogP contribution in [-0.4, -0.2) is 10.9 Å². The predicted molar refractivity (Wildman–Crippen MR) is 122 cm³/mol. The highest BCUT2D eigenvalue weighted by Crippen LogP contribution is 2.27. The van der Waals surface area contributed by atoms with Gasteiger partial charge in [-0.3, -0.25) is 4.79 Å². The Morgan fingerprint density at radius 2 is 1.61 bits per heavy atom. The normalized spacial score (nSPS) is 11.0. The zero-order valence-corrected chi connectivity index (χ0v) is 16.8. The summed E-state index contributed by atoms with van der Waals surface area (Å²) in [4.78, 5) is 29.8. The van der Waals surface area contributed by atoms with Gasteiger partial charge in [-0.15, -0.1) is 0 Å². The molecule has 31 heavy (non-hydrogen) atoms. The number of nitrogens with one attached hydrogen (secondary N) is 1. The summed E-state index contributed by atoms with van der Waals surface area (Å²) in [6, 6.07) is 25.8. The lowest BCUT2D eigenvalue weighted by atomic mass is 10.0. The van der Waals surface area contributed by atoms with Crippen molar-refractivity contribution in [2.75, 3.05) is 5.32 Å². The number of benzene rings is 4. The van der Waals surface area contributed by atoms with Gasteiger partial charge in [-0.25, -0.2) is 9.78 Å². The molecule has 0 radical (unpaired) electrons. The van der Waals surface area contributed by atoms with Gasteiger partial charge >= 0.3 is 5.63 Å². The maximum absolute atomic E-state index is 13.0. The van der Waals surface area contributed by atoms with Gasteiger partial charge in [0.05, 0.1) is 22.2 Å². The van der Waals surface area contributed by atoms with E-state index in [4.69, 9.17) is 4.42 Å². The Labute approximate surface area is 178 Å². The van der Waals surface area contributed by atoms with Gasteiger partial charge in [0.25, 0.3) is 5.91 Å². The number of hydrogen-bond acceptors (Lipinski definition) is 4.